The molecule has 2 amide bonds. The van der Waals surface area contributed by atoms with Gasteiger partial charge in [0, 0.05) is 35.2 Å². The second kappa shape index (κ2) is 15.1. The summed E-state index contributed by atoms with van der Waals surface area (Å²) >= 11 is 0. The van der Waals surface area contributed by atoms with E-state index in [1.165, 1.54) is 31.5 Å². The number of aromatic carboxylic acids is 1. The van der Waals surface area contributed by atoms with Gasteiger partial charge < -0.3 is 30.0 Å². The first-order valence-corrected chi connectivity index (χ1v) is 17.6. The second-order valence-corrected chi connectivity index (χ2v) is 14.5. The smallest absolute Gasteiger partial charge is 0.387 e. The summed E-state index contributed by atoms with van der Waals surface area (Å²) in [6.07, 6.45) is 2.72. The number of halogens is 2. The molecule has 15 heteroatoms. The third kappa shape index (κ3) is 9.23. The van der Waals surface area contributed by atoms with Crippen molar-refractivity contribution in [3.63, 3.8) is 0 Å². The number of carboxylic acids is 1. The molecule has 5 rings (SSSR count). The predicted molar refractivity (Wildman–Crippen MR) is 194 cm³/mol. The van der Waals surface area contributed by atoms with Crippen molar-refractivity contribution in [2.45, 2.75) is 39.2 Å². The number of urea groups is 1. The first-order valence-electron chi connectivity index (χ1n) is 15.7. The topological polar surface area (TPSA) is 165 Å². The molecule has 0 aliphatic carbocycles. The maximum Gasteiger partial charge on any atom is 0.387 e. The Morgan fingerprint density at radius 1 is 0.885 bits per heavy atom. The Kier molecular flexibility index (Phi) is 10.8. The molecule has 1 aromatic heterocycles. The third-order valence-corrected chi connectivity index (χ3v) is 8.32. The quantitative estimate of drug-likeness (QED) is 0.0988. The number of methoxy groups -OCH3 is 1. The number of pyridine rings is 1. The highest BCUT2D eigenvalue weighted by molar-refractivity contribution is 7.92. The molecule has 12 nitrogen and oxygen atoms in total. The molecular weight excluding hydrogens is 698 g/mol. The van der Waals surface area contributed by atoms with Crippen LogP contribution in [0.15, 0.2) is 85.1 Å². The van der Waals surface area contributed by atoms with Crippen molar-refractivity contribution in [3.8, 4) is 23.0 Å². The number of carboxylic acid groups (broad SMARTS) is 1. The van der Waals surface area contributed by atoms with Gasteiger partial charge in [0.25, 0.3) is 0 Å². The zero-order chi connectivity index (χ0) is 37.8. The van der Waals surface area contributed by atoms with Gasteiger partial charge in [0.05, 0.1) is 30.4 Å². The molecule has 0 bridgehead atoms. The zero-order valence-corrected chi connectivity index (χ0v) is 29.6. The molecule has 4 N–H and O–H groups in total. The van der Waals surface area contributed by atoms with Gasteiger partial charge in [-0.1, -0.05) is 51.1 Å². The molecule has 0 saturated heterocycles. The van der Waals surface area contributed by atoms with Crippen LogP contribution in [0.1, 0.15) is 48.0 Å². The minimum Gasteiger partial charge on any atom is -0.492 e. The summed E-state index contributed by atoms with van der Waals surface area (Å²) in [5, 5.41) is 16.3. The molecule has 5 aromatic rings. The summed E-state index contributed by atoms with van der Waals surface area (Å²) < 4.78 is 68.7. The summed E-state index contributed by atoms with van der Waals surface area (Å²) in [4.78, 5) is 29.2. The molecule has 0 saturated carbocycles. The molecule has 0 fully saturated rings. The van der Waals surface area contributed by atoms with Crippen LogP contribution in [0.4, 0.5) is 30.6 Å². The number of carbonyl (C=O) groups is 2. The minimum absolute atomic E-state index is 0.137. The molecule has 0 radical (unpaired) electrons. The minimum atomic E-state index is -3.66. The summed E-state index contributed by atoms with van der Waals surface area (Å²) in [6.45, 7) is 2.67. The van der Waals surface area contributed by atoms with E-state index in [2.05, 4.69) is 25.1 Å². The van der Waals surface area contributed by atoms with Crippen LogP contribution in [0.5, 0.6) is 23.0 Å². The number of hydrogen-bond donors (Lipinski definition) is 4. The number of carbonyl (C=O) groups excluding carboxylic acids is 1. The van der Waals surface area contributed by atoms with Crippen LogP contribution < -0.4 is 29.6 Å². The highest BCUT2D eigenvalue weighted by Gasteiger charge is 2.23. The Morgan fingerprint density at radius 3 is 2.23 bits per heavy atom. The van der Waals surface area contributed by atoms with E-state index in [9.17, 15) is 31.9 Å². The Balaban J connectivity index is 1.38. The number of nitrogens with zero attached hydrogens (tertiary/aromatic N) is 1. The molecule has 0 unspecified atom stereocenters. The lowest BCUT2D eigenvalue weighted by Gasteiger charge is -2.24. The zero-order valence-electron chi connectivity index (χ0n) is 28.8. The molecule has 4 aromatic carbocycles. The standard InChI is InChI=1S/C37H36F2N4O8S/c1-37(2,3)22-18-29(33(49-4)30(19-22)43-52(5,47)48)42-36(46)41-28-12-13-31(26-9-7-6-8-25(26)28)50-24-14-15-40-23(20-24)16-21-10-11-27(34(44)45)32(17-21)51-35(38)39/h6-15,17-20,35,43H,16H2,1-5H3,(H,44,45)(H2,41,42,46). The Labute approximate surface area is 298 Å². The van der Waals surface area contributed by atoms with Gasteiger partial charge in [-0.05, 0) is 59.0 Å². The van der Waals surface area contributed by atoms with Crippen molar-refractivity contribution in [3.05, 3.63) is 107 Å². The van der Waals surface area contributed by atoms with E-state index < -0.39 is 39.8 Å². The van der Waals surface area contributed by atoms with E-state index in [1.54, 1.807) is 42.5 Å². The lowest BCUT2D eigenvalue weighted by Crippen LogP contribution is -2.22. The number of amides is 2. The summed E-state index contributed by atoms with van der Waals surface area (Å²) in [6, 6.07) is 20.6. The van der Waals surface area contributed by atoms with Crippen LogP contribution in [-0.2, 0) is 21.9 Å². The van der Waals surface area contributed by atoms with Gasteiger partial charge in [0.15, 0.2) is 5.75 Å². The molecule has 52 heavy (non-hydrogen) atoms. The van der Waals surface area contributed by atoms with Crippen LogP contribution in [0.3, 0.4) is 0 Å². The number of rotatable bonds is 12. The van der Waals surface area contributed by atoms with Crippen molar-refractivity contribution < 1.29 is 46.1 Å². The molecule has 0 aliphatic rings. The fraction of sp³-hybridized carbons (Fsp3) is 0.216. The largest absolute Gasteiger partial charge is 0.492 e. The number of ether oxygens (including phenoxy) is 3. The van der Waals surface area contributed by atoms with E-state index in [0.717, 1.165) is 11.8 Å². The maximum absolute atomic E-state index is 13.4. The molecule has 272 valence electrons. The number of hydrogen-bond acceptors (Lipinski definition) is 8. The highest BCUT2D eigenvalue weighted by Crippen LogP contribution is 2.40. The maximum atomic E-state index is 13.4. The van der Waals surface area contributed by atoms with Gasteiger partial charge in [-0.25, -0.2) is 18.0 Å². The number of benzene rings is 4. The number of aromatic nitrogens is 1. The van der Waals surface area contributed by atoms with Crippen molar-refractivity contribution in [1.29, 1.82) is 0 Å². The van der Waals surface area contributed by atoms with Crippen LogP contribution in [0, 0.1) is 0 Å². The highest BCUT2D eigenvalue weighted by atomic mass is 32.2. The summed E-state index contributed by atoms with van der Waals surface area (Å²) in [7, 11) is -2.29. The Morgan fingerprint density at radius 2 is 1.58 bits per heavy atom. The summed E-state index contributed by atoms with van der Waals surface area (Å²) in [5.74, 6) is -0.822. The molecule has 0 atom stereocenters. The Hall–Kier alpha value is -5.96. The SMILES string of the molecule is COc1c(NC(=O)Nc2ccc(Oc3ccnc(Cc4ccc(C(=O)O)c(OC(F)F)c4)c3)c3ccccc23)cc(C(C)(C)C)cc1NS(C)(=O)=O. The fourth-order valence-corrected chi connectivity index (χ4v) is 5.95. The number of anilines is 3. The van der Waals surface area contributed by atoms with Gasteiger partial charge in [0.2, 0.25) is 10.0 Å². The van der Waals surface area contributed by atoms with E-state index in [1.807, 2.05) is 39.0 Å². The normalized spacial score (nSPS) is 11.6. The number of alkyl halides is 2. The summed E-state index contributed by atoms with van der Waals surface area (Å²) in [5.41, 5.74) is 1.88. The lowest BCUT2D eigenvalue weighted by atomic mass is 9.86. The van der Waals surface area contributed by atoms with E-state index in [4.69, 9.17) is 9.47 Å². The van der Waals surface area contributed by atoms with Gasteiger partial charge in [-0.15, -0.1) is 0 Å². The average molecular weight is 735 g/mol. The van der Waals surface area contributed by atoms with Crippen molar-refractivity contribution in [2.24, 2.45) is 0 Å². The van der Waals surface area contributed by atoms with Crippen molar-refractivity contribution in [1.82, 2.24) is 4.98 Å². The van der Waals surface area contributed by atoms with Gasteiger partial charge in [-0.3, -0.25) is 9.71 Å². The van der Waals surface area contributed by atoms with Crippen LogP contribution in [0.2, 0.25) is 0 Å². The van der Waals surface area contributed by atoms with Gasteiger partial charge >= 0.3 is 18.6 Å². The van der Waals surface area contributed by atoms with Gasteiger partial charge in [-0.2, -0.15) is 8.78 Å². The Bertz CT molecular complexity index is 2260. The van der Waals surface area contributed by atoms with E-state index >= 15 is 0 Å². The first-order chi connectivity index (χ1) is 24.5. The predicted octanol–water partition coefficient (Wildman–Crippen LogP) is 8.24. The number of sulfonamides is 1. The lowest BCUT2D eigenvalue weighted by molar-refractivity contribution is -0.0503. The number of fused-ring (bicyclic) bond motifs is 1. The average Bonchev–Trinajstić information content (AvgIpc) is 3.04. The molecule has 0 spiro atoms. The van der Waals surface area contributed by atoms with Crippen LogP contribution in [0.25, 0.3) is 10.8 Å². The third-order valence-electron chi connectivity index (χ3n) is 7.73. The monoisotopic (exact) mass is 734 g/mol. The van der Waals surface area contributed by atoms with Crippen LogP contribution in [-0.4, -0.2) is 50.5 Å². The number of nitrogens with one attached hydrogen (secondary N) is 3. The van der Waals surface area contributed by atoms with E-state index in [-0.39, 0.29) is 29.1 Å². The van der Waals surface area contributed by atoms with Crippen molar-refractivity contribution in [2.75, 3.05) is 28.7 Å². The van der Waals surface area contributed by atoms with E-state index in [0.29, 0.717) is 39.2 Å². The van der Waals surface area contributed by atoms with Crippen LogP contribution >= 0.6 is 0 Å². The van der Waals surface area contributed by atoms with Gasteiger partial charge in [0.1, 0.15) is 22.8 Å². The second-order valence-electron chi connectivity index (χ2n) is 12.7. The fourth-order valence-electron chi connectivity index (χ4n) is 5.39. The molecule has 1 heterocycles. The van der Waals surface area contributed by atoms with Crippen molar-refractivity contribution >= 4 is 49.9 Å². The molecule has 0 aliphatic heterocycles. The first kappa shape index (κ1) is 37.3. The molecular formula is C37H36F2N4O8S.